The Kier molecular flexibility index (Phi) is 5.40. The third-order valence-corrected chi connectivity index (χ3v) is 3.13. The predicted octanol–water partition coefficient (Wildman–Crippen LogP) is 1.70. The number of anilines is 1. The zero-order chi connectivity index (χ0) is 15.1. The number of pyridine rings is 1. The average Bonchev–Trinajstić information content (AvgIpc) is 2.50. The lowest BCUT2D eigenvalue weighted by atomic mass is 10.1. The van der Waals surface area contributed by atoms with Crippen molar-refractivity contribution >= 4 is 5.69 Å². The van der Waals surface area contributed by atoms with Crippen molar-refractivity contribution in [2.24, 2.45) is 0 Å². The van der Waals surface area contributed by atoms with Crippen LogP contribution in [0.4, 0.5) is 5.69 Å². The molecule has 0 aliphatic carbocycles. The SMILES string of the molecule is COCCc1ccc(OCCn2cc(N)ccc2=O)cc1. The third-order valence-electron chi connectivity index (χ3n) is 3.13. The van der Waals surface area contributed by atoms with E-state index in [1.165, 1.54) is 11.6 Å². The van der Waals surface area contributed by atoms with Gasteiger partial charge in [-0.1, -0.05) is 12.1 Å². The second-order valence-electron chi connectivity index (χ2n) is 4.73. The Morgan fingerprint density at radius 2 is 1.86 bits per heavy atom. The van der Waals surface area contributed by atoms with Gasteiger partial charge in [0, 0.05) is 25.1 Å². The van der Waals surface area contributed by atoms with Crippen molar-refractivity contribution in [1.82, 2.24) is 4.57 Å². The lowest BCUT2D eigenvalue weighted by Crippen LogP contribution is -2.22. The van der Waals surface area contributed by atoms with Gasteiger partial charge in [-0.05, 0) is 30.2 Å². The van der Waals surface area contributed by atoms with Gasteiger partial charge in [-0.2, -0.15) is 0 Å². The summed E-state index contributed by atoms with van der Waals surface area (Å²) in [6.07, 6.45) is 2.51. The summed E-state index contributed by atoms with van der Waals surface area (Å²) < 4.78 is 12.2. The third kappa shape index (κ3) is 4.65. The normalized spacial score (nSPS) is 10.5. The Morgan fingerprint density at radius 1 is 1.10 bits per heavy atom. The van der Waals surface area contributed by atoms with E-state index in [0.29, 0.717) is 25.4 Å². The standard InChI is InChI=1S/C16H20N2O3/c1-20-10-8-13-2-5-15(6-3-13)21-11-9-18-12-14(17)4-7-16(18)19/h2-7,12H,8-11,17H2,1H3. The van der Waals surface area contributed by atoms with Crippen molar-refractivity contribution in [2.45, 2.75) is 13.0 Å². The van der Waals surface area contributed by atoms with Crippen LogP contribution in [0.3, 0.4) is 0 Å². The number of rotatable bonds is 7. The van der Waals surface area contributed by atoms with E-state index < -0.39 is 0 Å². The van der Waals surface area contributed by atoms with Crippen molar-refractivity contribution in [3.8, 4) is 5.75 Å². The van der Waals surface area contributed by atoms with Gasteiger partial charge in [0.05, 0.1) is 13.2 Å². The number of ether oxygens (including phenoxy) is 2. The highest BCUT2D eigenvalue weighted by Gasteiger charge is 1.99. The van der Waals surface area contributed by atoms with Gasteiger partial charge in [-0.3, -0.25) is 4.79 Å². The van der Waals surface area contributed by atoms with Crippen LogP contribution < -0.4 is 16.0 Å². The van der Waals surface area contributed by atoms with Crippen molar-refractivity contribution in [2.75, 3.05) is 26.1 Å². The Hall–Kier alpha value is -2.27. The van der Waals surface area contributed by atoms with Gasteiger partial charge >= 0.3 is 0 Å². The van der Waals surface area contributed by atoms with Gasteiger partial charge in [0.2, 0.25) is 0 Å². The molecule has 5 nitrogen and oxygen atoms in total. The zero-order valence-corrected chi connectivity index (χ0v) is 12.1. The molecule has 21 heavy (non-hydrogen) atoms. The summed E-state index contributed by atoms with van der Waals surface area (Å²) in [5.74, 6) is 0.785. The Labute approximate surface area is 123 Å². The maximum Gasteiger partial charge on any atom is 0.250 e. The number of methoxy groups -OCH3 is 1. The molecule has 0 saturated heterocycles. The molecule has 5 heteroatoms. The van der Waals surface area contributed by atoms with Crippen LogP contribution in [0.15, 0.2) is 47.4 Å². The monoisotopic (exact) mass is 288 g/mol. The minimum Gasteiger partial charge on any atom is -0.492 e. The fourth-order valence-corrected chi connectivity index (χ4v) is 1.96. The molecule has 0 saturated carbocycles. The molecule has 112 valence electrons. The van der Waals surface area contributed by atoms with Crippen LogP contribution in [-0.4, -0.2) is 24.9 Å². The number of nitrogens with two attached hydrogens (primary N) is 1. The van der Waals surface area contributed by atoms with E-state index in [1.54, 1.807) is 23.9 Å². The van der Waals surface area contributed by atoms with Gasteiger partial charge < -0.3 is 19.8 Å². The van der Waals surface area contributed by atoms with E-state index in [4.69, 9.17) is 15.2 Å². The number of nitrogens with zero attached hydrogens (tertiary/aromatic N) is 1. The fourth-order valence-electron chi connectivity index (χ4n) is 1.96. The molecule has 0 radical (unpaired) electrons. The predicted molar refractivity (Wildman–Crippen MR) is 82.6 cm³/mol. The maximum absolute atomic E-state index is 11.6. The molecule has 0 bridgehead atoms. The molecule has 0 aliphatic rings. The number of benzene rings is 1. The van der Waals surface area contributed by atoms with Gasteiger partial charge in [0.1, 0.15) is 12.4 Å². The first-order valence-corrected chi connectivity index (χ1v) is 6.85. The lowest BCUT2D eigenvalue weighted by molar-refractivity contribution is 0.202. The highest BCUT2D eigenvalue weighted by molar-refractivity contribution is 5.33. The van der Waals surface area contributed by atoms with Gasteiger partial charge in [-0.25, -0.2) is 0 Å². The lowest BCUT2D eigenvalue weighted by Gasteiger charge is -2.09. The quantitative estimate of drug-likeness (QED) is 0.842. The fraction of sp³-hybridized carbons (Fsp3) is 0.312. The van der Waals surface area contributed by atoms with E-state index >= 15 is 0 Å². The van der Waals surface area contributed by atoms with Crippen molar-refractivity contribution in [3.63, 3.8) is 0 Å². The zero-order valence-electron chi connectivity index (χ0n) is 12.1. The second kappa shape index (κ2) is 7.50. The van der Waals surface area contributed by atoms with Crippen molar-refractivity contribution in [3.05, 3.63) is 58.5 Å². The van der Waals surface area contributed by atoms with Crippen LogP contribution in [-0.2, 0) is 17.7 Å². The van der Waals surface area contributed by atoms with Gasteiger partial charge in [0.15, 0.2) is 0 Å². The molecule has 2 rings (SSSR count). The van der Waals surface area contributed by atoms with Crippen LogP contribution in [0.1, 0.15) is 5.56 Å². The molecule has 0 unspecified atom stereocenters. The van der Waals surface area contributed by atoms with Crippen molar-refractivity contribution in [1.29, 1.82) is 0 Å². The van der Waals surface area contributed by atoms with E-state index in [0.717, 1.165) is 12.2 Å². The Balaban J connectivity index is 1.85. The number of nitrogen functional groups attached to an aromatic ring is 1. The first-order valence-electron chi connectivity index (χ1n) is 6.85. The summed E-state index contributed by atoms with van der Waals surface area (Å²) in [4.78, 5) is 11.6. The highest BCUT2D eigenvalue weighted by atomic mass is 16.5. The molecule has 0 amide bonds. The molecular weight excluding hydrogens is 268 g/mol. The van der Waals surface area contributed by atoms with Crippen LogP contribution in [0.25, 0.3) is 0 Å². The van der Waals surface area contributed by atoms with E-state index in [1.807, 2.05) is 24.3 Å². The molecule has 1 aromatic heterocycles. The molecule has 1 aromatic carbocycles. The minimum atomic E-state index is -0.0808. The molecule has 0 spiro atoms. The molecule has 2 N–H and O–H groups in total. The molecule has 0 fully saturated rings. The van der Waals surface area contributed by atoms with E-state index in [-0.39, 0.29) is 5.56 Å². The Bertz CT molecular complexity index is 620. The molecule has 0 atom stereocenters. The maximum atomic E-state index is 11.6. The summed E-state index contributed by atoms with van der Waals surface area (Å²) in [5, 5.41) is 0. The topological polar surface area (TPSA) is 66.5 Å². The van der Waals surface area contributed by atoms with Crippen molar-refractivity contribution < 1.29 is 9.47 Å². The highest BCUT2D eigenvalue weighted by Crippen LogP contribution is 2.12. The summed E-state index contributed by atoms with van der Waals surface area (Å²) in [6.45, 7) is 1.59. The second-order valence-corrected chi connectivity index (χ2v) is 4.73. The number of hydrogen-bond donors (Lipinski definition) is 1. The number of aromatic nitrogens is 1. The summed E-state index contributed by atoms with van der Waals surface area (Å²) in [6, 6.07) is 10.9. The largest absolute Gasteiger partial charge is 0.492 e. The van der Waals surface area contributed by atoms with Crippen LogP contribution in [0.5, 0.6) is 5.75 Å². The number of hydrogen-bond acceptors (Lipinski definition) is 4. The summed E-state index contributed by atoms with van der Waals surface area (Å²) in [5.41, 5.74) is 7.35. The molecule has 1 heterocycles. The first-order chi connectivity index (χ1) is 10.2. The van der Waals surface area contributed by atoms with Gasteiger partial charge in [-0.15, -0.1) is 0 Å². The average molecular weight is 288 g/mol. The smallest absolute Gasteiger partial charge is 0.250 e. The summed E-state index contributed by atoms with van der Waals surface area (Å²) in [7, 11) is 1.69. The van der Waals surface area contributed by atoms with Crippen LogP contribution in [0.2, 0.25) is 0 Å². The molecule has 0 aliphatic heterocycles. The first kappa shape index (κ1) is 15.1. The van der Waals surface area contributed by atoms with Gasteiger partial charge in [0.25, 0.3) is 5.56 Å². The molecular formula is C16H20N2O3. The van der Waals surface area contributed by atoms with E-state index in [2.05, 4.69) is 0 Å². The summed E-state index contributed by atoms with van der Waals surface area (Å²) >= 11 is 0. The Morgan fingerprint density at radius 3 is 2.57 bits per heavy atom. The minimum absolute atomic E-state index is 0.0808. The van der Waals surface area contributed by atoms with E-state index in [9.17, 15) is 4.79 Å². The molecule has 2 aromatic rings. The van der Waals surface area contributed by atoms with Crippen LogP contribution >= 0.6 is 0 Å². The van der Waals surface area contributed by atoms with Crippen LogP contribution in [0, 0.1) is 0 Å².